The van der Waals surface area contributed by atoms with Gasteiger partial charge in [-0.15, -0.1) is 0 Å². The fourth-order valence-corrected chi connectivity index (χ4v) is 3.40. The number of hydrogen-bond donors (Lipinski definition) is 1. The van der Waals surface area contributed by atoms with Crippen molar-refractivity contribution in [3.05, 3.63) is 52.1 Å². The third-order valence-electron chi connectivity index (χ3n) is 4.30. The van der Waals surface area contributed by atoms with E-state index < -0.39 is 11.7 Å². The summed E-state index contributed by atoms with van der Waals surface area (Å²) in [5.41, 5.74) is 0.396. The molecule has 0 unspecified atom stereocenters. The first kappa shape index (κ1) is 17.1. The summed E-state index contributed by atoms with van der Waals surface area (Å²) >= 11 is 3.06. The Morgan fingerprint density at radius 3 is 2.33 bits per heavy atom. The van der Waals surface area contributed by atoms with Crippen molar-refractivity contribution >= 4 is 21.7 Å². The van der Waals surface area contributed by atoms with Crippen molar-refractivity contribution < 1.29 is 18.3 Å². The van der Waals surface area contributed by atoms with Gasteiger partial charge in [0.15, 0.2) is 0 Å². The lowest BCUT2D eigenvalue weighted by molar-refractivity contribution is -0.137. The number of hydrogen-bond acceptors (Lipinski definition) is 3. The number of piperidine rings is 1. The quantitative estimate of drug-likeness (QED) is 0.774. The minimum absolute atomic E-state index is 0.00476. The van der Waals surface area contributed by atoms with Crippen molar-refractivity contribution in [2.45, 2.75) is 24.9 Å². The predicted octanol–water partition coefficient (Wildman–Crippen LogP) is 4.95. The second kappa shape index (κ2) is 6.63. The number of nitrogens with zero attached hydrogens (tertiary/aromatic N) is 2. The molecule has 0 aliphatic carbocycles. The van der Waals surface area contributed by atoms with Crippen molar-refractivity contribution in [2.24, 2.45) is 0 Å². The SMILES string of the molecule is Oc1ccc(C2CCN(c3ncc(Br)cc3C(F)(F)F)CC2)cc1. The molecule has 3 rings (SSSR count). The summed E-state index contributed by atoms with van der Waals surface area (Å²) in [6.07, 6.45) is -1.53. The number of aromatic nitrogens is 1. The maximum atomic E-state index is 13.3. The van der Waals surface area contributed by atoms with Crippen LogP contribution in [0.2, 0.25) is 0 Å². The first-order valence-corrected chi connectivity index (χ1v) is 8.40. The third kappa shape index (κ3) is 3.66. The molecular formula is C17H16BrF3N2O. The van der Waals surface area contributed by atoms with Crippen LogP contribution in [0.4, 0.5) is 19.0 Å². The lowest BCUT2D eigenvalue weighted by atomic mass is 9.89. The van der Waals surface area contributed by atoms with Crippen LogP contribution in [0.3, 0.4) is 0 Å². The van der Waals surface area contributed by atoms with E-state index in [1.807, 2.05) is 12.1 Å². The highest BCUT2D eigenvalue weighted by atomic mass is 79.9. The molecule has 0 spiro atoms. The molecule has 2 heterocycles. The summed E-state index contributed by atoms with van der Waals surface area (Å²) in [4.78, 5) is 5.70. The zero-order valence-electron chi connectivity index (χ0n) is 12.7. The van der Waals surface area contributed by atoms with Crippen LogP contribution < -0.4 is 4.90 Å². The highest BCUT2D eigenvalue weighted by Gasteiger charge is 2.37. The summed E-state index contributed by atoms with van der Waals surface area (Å²) in [6, 6.07) is 8.09. The molecule has 0 radical (unpaired) electrons. The predicted molar refractivity (Wildman–Crippen MR) is 89.2 cm³/mol. The maximum Gasteiger partial charge on any atom is 0.419 e. The van der Waals surface area contributed by atoms with Gasteiger partial charge in [-0.25, -0.2) is 4.98 Å². The average molecular weight is 401 g/mol. The molecule has 0 saturated carbocycles. The fraction of sp³-hybridized carbons (Fsp3) is 0.353. The summed E-state index contributed by atoms with van der Waals surface area (Å²) < 4.78 is 40.1. The maximum absolute atomic E-state index is 13.3. The molecule has 1 fully saturated rings. The van der Waals surface area contributed by atoms with Crippen LogP contribution in [-0.2, 0) is 6.18 Å². The fourth-order valence-electron chi connectivity index (χ4n) is 3.06. The van der Waals surface area contributed by atoms with Gasteiger partial charge in [0, 0.05) is 23.8 Å². The molecule has 3 nitrogen and oxygen atoms in total. The van der Waals surface area contributed by atoms with Gasteiger partial charge in [0.05, 0.1) is 5.56 Å². The molecule has 2 aromatic rings. The van der Waals surface area contributed by atoms with Gasteiger partial charge in [-0.2, -0.15) is 13.2 Å². The summed E-state index contributed by atoms with van der Waals surface area (Å²) in [5.74, 6) is 0.492. The molecule has 1 saturated heterocycles. The van der Waals surface area contributed by atoms with Crippen molar-refractivity contribution in [1.29, 1.82) is 0 Å². The number of rotatable bonds is 2. The minimum Gasteiger partial charge on any atom is -0.508 e. The number of phenols is 1. The monoisotopic (exact) mass is 400 g/mol. The van der Waals surface area contributed by atoms with Crippen LogP contribution in [0, 0.1) is 0 Å². The van der Waals surface area contributed by atoms with Crippen molar-refractivity contribution in [3.63, 3.8) is 0 Å². The van der Waals surface area contributed by atoms with Gasteiger partial charge in [-0.05, 0) is 58.5 Å². The van der Waals surface area contributed by atoms with E-state index >= 15 is 0 Å². The van der Waals surface area contributed by atoms with Crippen molar-refractivity contribution in [1.82, 2.24) is 4.98 Å². The van der Waals surface area contributed by atoms with E-state index in [0.717, 1.165) is 24.5 Å². The average Bonchev–Trinajstić information content (AvgIpc) is 2.55. The van der Waals surface area contributed by atoms with E-state index in [1.54, 1.807) is 17.0 Å². The summed E-state index contributed by atoms with van der Waals surface area (Å²) in [7, 11) is 0. The number of pyridine rings is 1. The first-order valence-electron chi connectivity index (χ1n) is 7.61. The van der Waals surface area contributed by atoms with E-state index in [1.165, 1.54) is 6.20 Å². The van der Waals surface area contributed by atoms with E-state index in [-0.39, 0.29) is 17.5 Å². The Morgan fingerprint density at radius 1 is 1.12 bits per heavy atom. The lowest BCUT2D eigenvalue weighted by Crippen LogP contribution is -2.35. The minimum atomic E-state index is -4.43. The Balaban J connectivity index is 1.76. The first-order chi connectivity index (χ1) is 11.3. The summed E-state index contributed by atoms with van der Waals surface area (Å²) in [6.45, 7) is 1.03. The largest absolute Gasteiger partial charge is 0.508 e. The van der Waals surface area contributed by atoms with Gasteiger partial charge in [0.2, 0.25) is 0 Å². The van der Waals surface area contributed by atoms with Crippen LogP contribution in [0.15, 0.2) is 41.0 Å². The Morgan fingerprint density at radius 2 is 1.75 bits per heavy atom. The Kier molecular flexibility index (Phi) is 4.71. The van der Waals surface area contributed by atoms with Crippen molar-refractivity contribution in [2.75, 3.05) is 18.0 Å². The van der Waals surface area contributed by atoms with Crippen LogP contribution in [0.1, 0.15) is 29.9 Å². The van der Waals surface area contributed by atoms with Gasteiger partial charge in [-0.3, -0.25) is 0 Å². The number of benzene rings is 1. The molecular weight excluding hydrogens is 385 g/mol. The molecule has 1 aromatic heterocycles. The van der Waals surface area contributed by atoms with Crippen LogP contribution in [-0.4, -0.2) is 23.2 Å². The number of aromatic hydroxyl groups is 1. The zero-order chi connectivity index (χ0) is 17.3. The lowest BCUT2D eigenvalue weighted by Gasteiger charge is -2.34. The Labute approximate surface area is 146 Å². The molecule has 0 atom stereocenters. The second-order valence-electron chi connectivity index (χ2n) is 5.88. The molecule has 24 heavy (non-hydrogen) atoms. The Bertz CT molecular complexity index is 711. The van der Waals surface area contributed by atoms with Gasteiger partial charge in [-0.1, -0.05) is 12.1 Å². The van der Waals surface area contributed by atoms with Crippen LogP contribution >= 0.6 is 15.9 Å². The molecule has 0 bridgehead atoms. The molecule has 1 aliphatic heterocycles. The topological polar surface area (TPSA) is 36.4 Å². The summed E-state index contributed by atoms with van der Waals surface area (Å²) in [5, 5.41) is 9.35. The zero-order valence-corrected chi connectivity index (χ0v) is 14.3. The smallest absolute Gasteiger partial charge is 0.419 e. The highest BCUT2D eigenvalue weighted by Crippen LogP contribution is 2.39. The van der Waals surface area contributed by atoms with Crippen LogP contribution in [0.5, 0.6) is 5.75 Å². The molecule has 0 amide bonds. The normalized spacial score (nSPS) is 16.4. The molecule has 1 aromatic carbocycles. The van der Waals surface area contributed by atoms with Gasteiger partial charge < -0.3 is 10.0 Å². The van der Waals surface area contributed by atoms with Crippen LogP contribution in [0.25, 0.3) is 0 Å². The van der Waals surface area contributed by atoms with E-state index in [2.05, 4.69) is 20.9 Å². The number of phenolic OH excluding ortho intramolecular Hbond substituents is 1. The van der Waals surface area contributed by atoms with E-state index in [4.69, 9.17) is 0 Å². The molecule has 1 N–H and O–H groups in total. The van der Waals surface area contributed by atoms with Crippen molar-refractivity contribution in [3.8, 4) is 5.75 Å². The molecule has 128 valence electrons. The number of halogens is 4. The standard InChI is InChI=1S/C17H16BrF3N2O/c18-13-9-15(17(19,20)21)16(22-10-13)23-7-5-12(6-8-23)11-1-3-14(24)4-2-11/h1-4,9-10,12,24H,5-8H2. The van der Waals surface area contributed by atoms with Gasteiger partial charge in [0.1, 0.15) is 11.6 Å². The molecule has 7 heteroatoms. The number of anilines is 1. The molecule has 1 aliphatic rings. The van der Waals surface area contributed by atoms with Gasteiger partial charge >= 0.3 is 6.18 Å². The number of alkyl halides is 3. The Hall–Kier alpha value is -1.76. The van der Waals surface area contributed by atoms with E-state index in [0.29, 0.717) is 17.6 Å². The van der Waals surface area contributed by atoms with E-state index in [9.17, 15) is 18.3 Å². The third-order valence-corrected chi connectivity index (χ3v) is 4.73. The second-order valence-corrected chi connectivity index (χ2v) is 6.79. The highest BCUT2D eigenvalue weighted by molar-refractivity contribution is 9.10. The van der Waals surface area contributed by atoms with Gasteiger partial charge in [0.25, 0.3) is 0 Å².